The lowest BCUT2D eigenvalue weighted by Crippen LogP contribution is -2.27. The van der Waals surface area contributed by atoms with Gasteiger partial charge in [0.15, 0.2) is 0 Å². The van der Waals surface area contributed by atoms with Crippen LogP contribution in [0.5, 0.6) is 0 Å². The minimum absolute atomic E-state index is 0.105. The zero-order valence-electron chi connectivity index (χ0n) is 12.7. The van der Waals surface area contributed by atoms with Gasteiger partial charge in [-0.05, 0) is 31.1 Å². The molecular weight excluding hydrogens is 272 g/mol. The second-order valence-corrected chi connectivity index (χ2v) is 5.19. The molecule has 3 nitrogen and oxygen atoms in total. The third-order valence-electron chi connectivity index (χ3n) is 3.37. The number of carbonyl (C=O) groups is 1. The molecule has 2 rings (SSSR count). The van der Waals surface area contributed by atoms with Gasteiger partial charge >= 0.3 is 0 Å². The van der Waals surface area contributed by atoms with Crippen LogP contribution in [0, 0.1) is 18.3 Å². The van der Waals surface area contributed by atoms with Crippen LogP contribution in [0.1, 0.15) is 29.7 Å². The van der Waals surface area contributed by atoms with Crippen LogP contribution in [-0.4, -0.2) is 5.91 Å². The Bertz CT molecular complexity index is 727. The van der Waals surface area contributed by atoms with E-state index in [0.717, 1.165) is 16.7 Å². The highest BCUT2D eigenvalue weighted by atomic mass is 16.1. The number of hydrogen-bond donors (Lipinski definition) is 1. The van der Waals surface area contributed by atoms with Crippen molar-refractivity contribution in [1.29, 1.82) is 5.26 Å². The minimum atomic E-state index is -0.361. The maximum absolute atomic E-state index is 12.2. The average molecular weight is 290 g/mol. The van der Waals surface area contributed by atoms with Crippen molar-refractivity contribution < 1.29 is 4.79 Å². The molecule has 0 aliphatic rings. The number of nitriles is 1. The molecule has 0 aliphatic heterocycles. The van der Waals surface area contributed by atoms with Crippen molar-refractivity contribution in [3.63, 3.8) is 0 Å². The summed E-state index contributed by atoms with van der Waals surface area (Å²) in [5, 5.41) is 12.1. The van der Waals surface area contributed by atoms with Gasteiger partial charge in [-0.2, -0.15) is 5.26 Å². The molecule has 0 fully saturated rings. The molecule has 110 valence electrons. The quantitative estimate of drug-likeness (QED) is 0.688. The molecule has 22 heavy (non-hydrogen) atoms. The molecule has 1 N–H and O–H groups in total. The summed E-state index contributed by atoms with van der Waals surface area (Å²) < 4.78 is 0. The number of benzene rings is 2. The third-order valence-corrected chi connectivity index (χ3v) is 3.37. The molecular formula is C19H18N2O. The van der Waals surface area contributed by atoms with E-state index < -0.39 is 0 Å². The first-order valence-corrected chi connectivity index (χ1v) is 7.14. The lowest BCUT2D eigenvalue weighted by Gasteiger charge is -2.13. The topological polar surface area (TPSA) is 52.9 Å². The summed E-state index contributed by atoms with van der Waals surface area (Å²) in [6, 6.07) is 19.2. The molecule has 0 unspecified atom stereocenters. The molecule has 0 bridgehead atoms. The molecule has 2 aromatic carbocycles. The Morgan fingerprint density at radius 3 is 2.55 bits per heavy atom. The Labute approximate surface area is 130 Å². The van der Waals surface area contributed by atoms with Gasteiger partial charge in [-0.1, -0.05) is 60.2 Å². The largest absolute Gasteiger partial charge is 0.345 e. The predicted molar refractivity (Wildman–Crippen MR) is 87.8 cm³/mol. The van der Waals surface area contributed by atoms with Gasteiger partial charge in [0, 0.05) is 0 Å². The first kappa shape index (κ1) is 15.5. The Hall–Kier alpha value is -2.86. The summed E-state index contributed by atoms with van der Waals surface area (Å²) in [5.74, 6) is -0.361. The van der Waals surface area contributed by atoms with Crippen molar-refractivity contribution in [1.82, 2.24) is 5.32 Å². The Balaban J connectivity index is 2.14. The van der Waals surface area contributed by atoms with Gasteiger partial charge in [0.2, 0.25) is 0 Å². The number of hydrogen-bond acceptors (Lipinski definition) is 2. The molecule has 0 aliphatic carbocycles. The molecule has 3 heteroatoms. The van der Waals surface area contributed by atoms with E-state index in [1.807, 2.05) is 74.5 Å². The summed E-state index contributed by atoms with van der Waals surface area (Å²) in [4.78, 5) is 12.2. The van der Waals surface area contributed by atoms with Gasteiger partial charge in [-0.3, -0.25) is 4.79 Å². The van der Waals surface area contributed by atoms with Crippen LogP contribution in [0.15, 0.2) is 60.2 Å². The average Bonchev–Trinajstić information content (AvgIpc) is 2.53. The van der Waals surface area contributed by atoms with Gasteiger partial charge in [-0.25, -0.2) is 0 Å². The molecule has 0 spiro atoms. The Morgan fingerprint density at radius 1 is 1.18 bits per heavy atom. The fourth-order valence-corrected chi connectivity index (χ4v) is 2.17. The fourth-order valence-electron chi connectivity index (χ4n) is 2.17. The van der Waals surface area contributed by atoms with Gasteiger partial charge in [-0.15, -0.1) is 0 Å². The van der Waals surface area contributed by atoms with Crippen LogP contribution in [0.3, 0.4) is 0 Å². The van der Waals surface area contributed by atoms with E-state index in [1.165, 1.54) is 0 Å². The molecule has 0 saturated carbocycles. The van der Waals surface area contributed by atoms with Crippen LogP contribution < -0.4 is 5.32 Å². The zero-order chi connectivity index (χ0) is 15.9. The summed E-state index contributed by atoms with van der Waals surface area (Å²) >= 11 is 0. The van der Waals surface area contributed by atoms with E-state index in [-0.39, 0.29) is 17.5 Å². The van der Waals surface area contributed by atoms with E-state index in [9.17, 15) is 10.1 Å². The van der Waals surface area contributed by atoms with Crippen molar-refractivity contribution >= 4 is 12.0 Å². The first-order chi connectivity index (χ1) is 10.6. The van der Waals surface area contributed by atoms with Crippen LogP contribution in [0.25, 0.3) is 6.08 Å². The van der Waals surface area contributed by atoms with E-state index in [4.69, 9.17) is 0 Å². The van der Waals surface area contributed by atoms with Gasteiger partial charge in [0.25, 0.3) is 5.91 Å². The number of rotatable bonds is 4. The molecule has 0 saturated heterocycles. The number of nitrogens with zero attached hydrogens (tertiary/aromatic N) is 1. The summed E-state index contributed by atoms with van der Waals surface area (Å²) in [5.41, 5.74) is 3.04. The van der Waals surface area contributed by atoms with Gasteiger partial charge in [0.05, 0.1) is 6.04 Å². The maximum atomic E-state index is 12.2. The Morgan fingerprint density at radius 2 is 1.91 bits per heavy atom. The second kappa shape index (κ2) is 7.24. The van der Waals surface area contributed by atoms with Crippen molar-refractivity contribution in [3.05, 3.63) is 76.9 Å². The highest BCUT2D eigenvalue weighted by Crippen LogP contribution is 2.13. The predicted octanol–water partition coefficient (Wildman–Crippen LogP) is 3.78. The van der Waals surface area contributed by atoms with E-state index >= 15 is 0 Å². The van der Waals surface area contributed by atoms with Crippen molar-refractivity contribution in [3.8, 4) is 6.07 Å². The highest BCUT2D eigenvalue weighted by Gasteiger charge is 2.13. The number of carbonyl (C=O) groups excluding carboxylic acids is 1. The summed E-state index contributed by atoms with van der Waals surface area (Å²) in [7, 11) is 0. The zero-order valence-corrected chi connectivity index (χ0v) is 12.7. The number of aryl methyl sites for hydroxylation is 1. The Kier molecular flexibility index (Phi) is 5.11. The molecule has 0 aromatic heterocycles. The van der Waals surface area contributed by atoms with Crippen LogP contribution in [-0.2, 0) is 4.79 Å². The number of amides is 1. The summed E-state index contributed by atoms with van der Waals surface area (Å²) in [6.45, 7) is 3.87. The standard InChI is InChI=1S/C19H18N2O/c1-14-7-6-8-16(11-14)12-18(13-20)19(22)21-15(2)17-9-4-3-5-10-17/h3-12,15H,1-2H3,(H,21,22)/b18-12-/t15-/m1/s1. The monoisotopic (exact) mass is 290 g/mol. The van der Waals surface area contributed by atoms with E-state index in [1.54, 1.807) is 6.08 Å². The molecule has 2 aromatic rings. The SMILES string of the molecule is Cc1cccc(/C=C(/C#N)C(=O)N[C@H](C)c2ccccc2)c1. The van der Waals surface area contributed by atoms with Gasteiger partial charge < -0.3 is 5.32 Å². The lowest BCUT2D eigenvalue weighted by atomic mass is 10.1. The van der Waals surface area contributed by atoms with E-state index in [2.05, 4.69) is 5.32 Å². The number of nitrogens with one attached hydrogen (secondary N) is 1. The van der Waals surface area contributed by atoms with Gasteiger partial charge in [0.1, 0.15) is 11.6 Å². The minimum Gasteiger partial charge on any atom is -0.345 e. The first-order valence-electron chi connectivity index (χ1n) is 7.14. The molecule has 1 amide bonds. The van der Waals surface area contributed by atoms with Crippen molar-refractivity contribution in [2.45, 2.75) is 19.9 Å². The fraction of sp³-hybridized carbons (Fsp3) is 0.158. The van der Waals surface area contributed by atoms with Crippen LogP contribution >= 0.6 is 0 Å². The molecule has 0 radical (unpaired) electrons. The second-order valence-electron chi connectivity index (χ2n) is 5.19. The normalized spacial score (nSPS) is 12.3. The van der Waals surface area contributed by atoms with Crippen LogP contribution in [0.4, 0.5) is 0 Å². The third kappa shape index (κ3) is 4.07. The smallest absolute Gasteiger partial charge is 0.262 e. The summed E-state index contributed by atoms with van der Waals surface area (Å²) in [6.07, 6.45) is 1.61. The van der Waals surface area contributed by atoms with E-state index in [0.29, 0.717) is 0 Å². The van der Waals surface area contributed by atoms with Crippen molar-refractivity contribution in [2.24, 2.45) is 0 Å². The maximum Gasteiger partial charge on any atom is 0.262 e. The lowest BCUT2D eigenvalue weighted by molar-refractivity contribution is -0.117. The highest BCUT2D eigenvalue weighted by molar-refractivity contribution is 6.01. The van der Waals surface area contributed by atoms with Crippen molar-refractivity contribution in [2.75, 3.05) is 0 Å². The molecule has 0 heterocycles. The van der Waals surface area contributed by atoms with Crippen LogP contribution in [0.2, 0.25) is 0 Å². The molecule has 1 atom stereocenters.